The van der Waals surface area contributed by atoms with Crippen molar-refractivity contribution < 1.29 is 22.8 Å². The zero-order valence-corrected chi connectivity index (χ0v) is 19.7. The van der Waals surface area contributed by atoms with Crippen LogP contribution in [0.25, 0.3) is 0 Å². The number of nitro groups is 1. The van der Waals surface area contributed by atoms with Crippen molar-refractivity contribution in [1.82, 2.24) is 4.31 Å². The molecule has 0 saturated carbocycles. The molecule has 158 valence electrons. The molecule has 0 aromatic heterocycles. The number of ether oxygens (including phenoxy) is 2. The smallest absolute Gasteiger partial charge is 0.269 e. The fourth-order valence-corrected chi connectivity index (χ4v) is 5.44. The number of non-ortho nitro benzene ring substituents is 1. The fraction of sp³-hybridized carbons (Fsp3) is 0.333. The van der Waals surface area contributed by atoms with E-state index in [0.717, 1.165) is 14.5 Å². The summed E-state index contributed by atoms with van der Waals surface area (Å²) in [6.07, 6.45) is -0.304. The number of methoxy groups -OCH3 is 2. The molecular weight excluding hydrogens is 532 g/mol. The molecular formula is C18H20Br2N2O6S. The van der Waals surface area contributed by atoms with E-state index >= 15 is 0 Å². The number of rotatable bonds is 10. The predicted molar refractivity (Wildman–Crippen MR) is 115 cm³/mol. The molecule has 0 fully saturated rings. The third-order valence-electron chi connectivity index (χ3n) is 4.14. The Hall–Kier alpha value is -1.37. The van der Waals surface area contributed by atoms with E-state index in [2.05, 4.69) is 31.9 Å². The van der Waals surface area contributed by atoms with Gasteiger partial charge in [-0.3, -0.25) is 10.1 Å². The summed E-state index contributed by atoms with van der Waals surface area (Å²) < 4.78 is 39.7. The van der Waals surface area contributed by atoms with Gasteiger partial charge in [0.05, 0.1) is 16.4 Å². The second kappa shape index (κ2) is 10.6. The maximum Gasteiger partial charge on any atom is 0.269 e. The number of sulfonamides is 1. The summed E-state index contributed by atoms with van der Waals surface area (Å²) in [7, 11) is -1.07. The summed E-state index contributed by atoms with van der Waals surface area (Å²) in [4.78, 5) is 10.2. The van der Waals surface area contributed by atoms with Gasteiger partial charge < -0.3 is 9.47 Å². The third-order valence-corrected chi connectivity index (χ3v) is 6.93. The summed E-state index contributed by atoms with van der Waals surface area (Å²) in [5, 5.41) is 10.8. The van der Waals surface area contributed by atoms with Crippen molar-refractivity contribution in [3.63, 3.8) is 0 Å². The number of hydrogen-bond acceptors (Lipinski definition) is 6. The SMILES string of the molecule is COC(CN(CCc1cc(Br)cc(Br)c1)S(=O)(=O)c1ccc([N+](=O)[O-])cc1)OC. The highest BCUT2D eigenvalue weighted by Crippen LogP contribution is 2.23. The molecule has 0 unspecified atom stereocenters. The van der Waals surface area contributed by atoms with E-state index in [1.807, 2.05) is 18.2 Å². The summed E-state index contributed by atoms with van der Waals surface area (Å²) >= 11 is 6.84. The Bertz CT molecular complexity index is 929. The Morgan fingerprint density at radius 3 is 2.10 bits per heavy atom. The first-order chi connectivity index (χ1) is 13.7. The number of halogens is 2. The quantitative estimate of drug-likeness (QED) is 0.252. The van der Waals surface area contributed by atoms with E-state index < -0.39 is 21.2 Å². The first-order valence-electron chi connectivity index (χ1n) is 8.42. The molecule has 0 aliphatic carbocycles. The molecule has 0 atom stereocenters. The van der Waals surface area contributed by atoms with Crippen molar-refractivity contribution in [1.29, 1.82) is 0 Å². The van der Waals surface area contributed by atoms with Gasteiger partial charge in [-0.15, -0.1) is 0 Å². The van der Waals surface area contributed by atoms with Crippen LogP contribution in [0.2, 0.25) is 0 Å². The van der Waals surface area contributed by atoms with Crippen LogP contribution in [-0.4, -0.2) is 51.2 Å². The molecule has 0 aliphatic rings. The molecule has 8 nitrogen and oxygen atoms in total. The van der Waals surface area contributed by atoms with E-state index in [1.165, 1.54) is 42.8 Å². The lowest BCUT2D eigenvalue weighted by molar-refractivity contribution is -0.384. The molecule has 0 spiro atoms. The summed E-state index contributed by atoms with van der Waals surface area (Å²) in [5.74, 6) is 0. The maximum atomic E-state index is 13.2. The highest BCUT2D eigenvalue weighted by atomic mass is 79.9. The van der Waals surface area contributed by atoms with Crippen LogP contribution in [0.4, 0.5) is 5.69 Å². The number of hydrogen-bond donors (Lipinski definition) is 0. The molecule has 0 N–H and O–H groups in total. The van der Waals surface area contributed by atoms with Crippen LogP contribution in [0.15, 0.2) is 56.3 Å². The topological polar surface area (TPSA) is 99.0 Å². The van der Waals surface area contributed by atoms with Gasteiger partial charge in [-0.25, -0.2) is 8.42 Å². The van der Waals surface area contributed by atoms with Gasteiger partial charge in [0.15, 0.2) is 6.29 Å². The summed E-state index contributed by atoms with van der Waals surface area (Å²) in [6.45, 7) is 0.146. The molecule has 0 saturated heterocycles. The van der Waals surface area contributed by atoms with E-state index in [0.29, 0.717) is 6.42 Å². The van der Waals surface area contributed by atoms with Crippen LogP contribution in [0.1, 0.15) is 5.56 Å². The Morgan fingerprint density at radius 1 is 1.07 bits per heavy atom. The number of benzene rings is 2. The molecule has 0 amide bonds. The monoisotopic (exact) mass is 550 g/mol. The van der Waals surface area contributed by atoms with Crippen LogP contribution in [0.5, 0.6) is 0 Å². The fourth-order valence-electron chi connectivity index (χ4n) is 2.62. The minimum absolute atomic E-state index is 0.0263. The molecule has 0 heterocycles. The Labute approximate surface area is 186 Å². The summed E-state index contributed by atoms with van der Waals surface area (Å²) in [6, 6.07) is 10.5. The van der Waals surface area contributed by atoms with Crippen LogP contribution in [0.3, 0.4) is 0 Å². The van der Waals surface area contributed by atoms with E-state index in [9.17, 15) is 18.5 Å². The highest BCUT2D eigenvalue weighted by molar-refractivity contribution is 9.11. The average molecular weight is 552 g/mol. The Morgan fingerprint density at radius 2 is 1.62 bits per heavy atom. The first kappa shape index (κ1) is 23.9. The minimum Gasteiger partial charge on any atom is -0.354 e. The highest BCUT2D eigenvalue weighted by Gasteiger charge is 2.27. The third kappa shape index (κ3) is 6.56. The molecule has 2 aromatic carbocycles. The Kier molecular flexibility index (Phi) is 8.73. The van der Waals surface area contributed by atoms with Gasteiger partial charge in [0.25, 0.3) is 5.69 Å². The predicted octanol–water partition coefficient (Wildman–Crippen LogP) is 3.97. The van der Waals surface area contributed by atoms with Gasteiger partial charge >= 0.3 is 0 Å². The lowest BCUT2D eigenvalue weighted by Gasteiger charge is -2.25. The zero-order valence-electron chi connectivity index (χ0n) is 15.7. The van der Waals surface area contributed by atoms with Crippen LogP contribution < -0.4 is 0 Å². The maximum absolute atomic E-state index is 13.2. The second-order valence-electron chi connectivity index (χ2n) is 6.04. The molecule has 0 aliphatic heterocycles. The van der Waals surface area contributed by atoms with Gasteiger partial charge in [0.1, 0.15) is 0 Å². The van der Waals surface area contributed by atoms with E-state index in [1.54, 1.807) is 0 Å². The normalized spacial score (nSPS) is 11.9. The number of nitrogens with zero attached hydrogens (tertiary/aromatic N) is 2. The zero-order chi connectivity index (χ0) is 21.6. The van der Waals surface area contributed by atoms with Crippen molar-refractivity contribution in [2.75, 3.05) is 27.3 Å². The van der Waals surface area contributed by atoms with Crippen LogP contribution >= 0.6 is 31.9 Å². The molecule has 29 heavy (non-hydrogen) atoms. The van der Waals surface area contributed by atoms with Gasteiger partial charge in [0.2, 0.25) is 10.0 Å². The lowest BCUT2D eigenvalue weighted by Crippen LogP contribution is -2.40. The van der Waals surface area contributed by atoms with Crippen molar-refractivity contribution in [3.05, 3.63) is 67.1 Å². The first-order valence-corrected chi connectivity index (χ1v) is 11.4. The molecule has 2 rings (SSSR count). The molecule has 0 bridgehead atoms. The summed E-state index contributed by atoms with van der Waals surface area (Å²) in [5.41, 5.74) is 0.752. The molecule has 11 heteroatoms. The lowest BCUT2D eigenvalue weighted by atomic mass is 10.1. The largest absolute Gasteiger partial charge is 0.354 e. The van der Waals surface area contributed by atoms with Crippen molar-refractivity contribution in [2.45, 2.75) is 17.6 Å². The average Bonchev–Trinajstić information content (AvgIpc) is 2.67. The standard InChI is InChI=1S/C18H20Br2N2O6S/c1-27-18(28-2)12-21(8-7-13-9-14(19)11-15(20)10-13)29(25,26)17-5-3-16(4-6-17)22(23)24/h3-6,9-11,18H,7-8,12H2,1-2H3. The van der Waals surface area contributed by atoms with Gasteiger partial charge in [-0.1, -0.05) is 31.9 Å². The van der Waals surface area contributed by atoms with Crippen molar-refractivity contribution >= 4 is 47.6 Å². The van der Waals surface area contributed by atoms with Gasteiger partial charge in [0, 0.05) is 41.8 Å². The molecule has 0 radical (unpaired) electrons. The van der Waals surface area contributed by atoms with Crippen molar-refractivity contribution in [3.8, 4) is 0 Å². The van der Waals surface area contributed by atoms with Crippen LogP contribution in [-0.2, 0) is 25.9 Å². The Balaban J connectivity index is 2.31. The van der Waals surface area contributed by atoms with E-state index in [4.69, 9.17) is 9.47 Å². The minimum atomic E-state index is -3.92. The number of nitro benzene ring substituents is 1. The second-order valence-corrected chi connectivity index (χ2v) is 9.81. The van der Waals surface area contributed by atoms with Crippen LogP contribution in [0, 0.1) is 10.1 Å². The van der Waals surface area contributed by atoms with Gasteiger partial charge in [-0.05, 0) is 42.3 Å². The molecule has 2 aromatic rings. The van der Waals surface area contributed by atoms with Gasteiger partial charge in [-0.2, -0.15) is 4.31 Å². The van der Waals surface area contributed by atoms with E-state index in [-0.39, 0.29) is 23.7 Å². The van der Waals surface area contributed by atoms with Crippen molar-refractivity contribution in [2.24, 2.45) is 0 Å².